The number of para-hydroxylation sites is 1. The summed E-state index contributed by atoms with van der Waals surface area (Å²) in [5, 5.41) is 4.40. The van der Waals surface area contributed by atoms with Crippen LogP contribution in [0.5, 0.6) is 5.88 Å². The number of hydrogen-bond donors (Lipinski definition) is 1. The Balaban J connectivity index is 1.38. The Morgan fingerprint density at radius 2 is 2.19 bits per heavy atom. The molecule has 0 bridgehead atoms. The van der Waals surface area contributed by atoms with Crippen molar-refractivity contribution in [2.45, 2.75) is 13.3 Å². The van der Waals surface area contributed by atoms with Gasteiger partial charge in [-0.2, -0.15) is 0 Å². The molecule has 6 nitrogen and oxygen atoms in total. The van der Waals surface area contributed by atoms with Crippen molar-refractivity contribution in [3.05, 3.63) is 48.2 Å². The second-order valence-electron chi connectivity index (χ2n) is 7.22. The van der Waals surface area contributed by atoms with Crippen molar-refractivity contribution in [3.63, 3.8) is 0 Å². The molecule has 0 saturated carbocycles. The summed E-state index contributed by atoms with van der Waals surface area (Å²) in [6, 6.07) is 11.6. The lowest BCUT2D eigenvalue weighted by Crippen LogP contribution is -2.34. The van der Waals surface area contributed by atoms with E-state index in [0.717, 1.165) is 36.7 Å². The number of pyridine rings is 1. The first-order valence-electron chi connectivity index (χ1n) is 8.95. The SMILES string of the molecule is COc1ccc(C(=O)N2CCC(C)(CNc3nc4ccccc4s3)C2)cn1. The van der Waals surface area contributed by atoms with Crippen LogP contribution in [0.25, 0.3) is 10.2 Å². The first-order chi connectivity index (χ1) is 13.1. The molecule has 7 heteroatoms. The van der Waals surface area contributed by atoms with E-state index in [1.807, 2.05) is 23.1 Å². The second kappa shape index (κ2) is 7.15. The molecule has 1 saturated heterocycles. The minimum Gasteiger partial charge on any atom is -0.481 e. The summed E-state index contributed by atoms with van der Waals surface area (Å²) in [7, 11) is 1.56. The van der Waals surface area contributed by atoms with E-state index in [1.165, 1.54) is 4.70 Å². The van der Waals surface area contributed by atoms with Gasteiger partial charge in [0, 0.05) is 37.3 Å². The van der Waals surface area contributed by atoms with Gasteiger partial charge >= 0.3 is 0 Å². The van der Waals surface area contributed by atoms with Crippen molar-refractivity contribution in [2.24, 2.45) is 5.41 Å². The van der Waals surface area contributed by atoms with E-state index in [0.29, 0.717) is 11.4 Å². The average Bonchev–Trinajstić information content (AvgIpc) is 3.30. The molecule has 1 aliphatic heterocycles. The maximum Gasteiger partial charge on any atom is 0.255 e. The van der Waals surface area contributed by atoms with E-state index >= 15 is 0 Å². The van der Waals surface area contributed by atoms with Crippen LogP contribution in [0.15, 0.2) is 42.6 Å². The van der Waals surface area contributed by atoms with Gasteiger partial charge < -0.3 is 15.0 Å². The molecule has 140 valence electrons. The van der Waals surface area contributed by atoms with E-state index in [-0.39, 0.29) is 11.3 Å². The molecule has 1 unspecified atom stereocenters. The molecule has 27 heavy (non-hydrogen) atoms. The maximum absolute atomic E-state index is 12.7. The number of fused-ring (bicyclic) bond motifs is 1. The van der Waals surface area contributed by atoms with Gasteiger partial charge in [-0.25, -0.2) is 9.97 Å². The van der Waals surface area contributed by atoms with Gasteiger partial charge in [0.1, 0.15) is 0 Å². The zero-order chi connectivity index (χ0) is 18.9. The molecule has 2 aromatic heterocycles. The van der Waals surface area contributed by atoms with Crippen molar-refractivity contribution >= 4 is 32.6 Å². The third-order valence-corrected chi connectivity index (χ3v) is 5.99. The molecule has 1 N–H and O–H groups in total. The molecule has 0 radical (unpaired) electrons. The minimum absolute atomic E-state index is 0.0212. The number of carbonyl (C=O) groups excluding carboxylic acids is 1. The number of benzene rings is 1. The predicted octanol–water partition coefficient (Wildman–Crippen LogP) is 3.66. The second-order valence-corrected chi connectivity index (χ2v) is 8.25. The van der Waals surface area contributed by atoms with Gasteiger partial charge in [-0.15, -0.1) is 0 Å². The Labute approximate surface area is 162 Å². The fourth-order valence-electron chi connectivity index (χ4n) is 3.39. The van der Waals surface area contributed by atoms with Crippen LogP contribution in [0.4, 0.5) is 5.13 Å². The first-order valence-corrected chi connectivity index (χ1v) is 9.77. The van der Waals surface area contributed by atoms with Gasteiger partial charge in [0.25, 0.3) is 5.91 Å². The van der Waals surface area contributed by atoms with Crippen molar-refractivity contribution in [2.75, 3.05) is 32.1 Å². The molecule has 1 aromatic carbocycles. The van der Waals surface area contributed by atoms with Gasteiger partial charge in [-0.05, 0) is 24.6 Å². The molecule has 1 aliphatic rings. The lowest BCUT2D eigenvalue weighted by Gasteiger charge is -2.24. The number of hydrogen-bond acceptors (Lipinski definition) is 6. The van der Waals surface area contributed by atoms with Crippen LogP contribution >= 0.6 is 11.3 Å². The number of methoxy groups -OCH3 is 1. The summed E-state index contributed by atoms with van der Waals surface area (Å²) in [6.45, 7) is 4.48. The summed E-state index contributed by atoms with van der Waals surface area (Å²) in [6.07, 6.45) is 2.54. The fraction of sp³-hybridized carbons (Fsp3) is 0.350. The summed E-state index contributed by atoms with van der Waals surface area (Å²) in [4.78, 5) is 23.4. The third kappa shape index (κ3) is 3.73. The molecule has 3 aromatic rings. The van der Waals surface area contributed by atoms with Crippen molar-refractivity contribution in [3.8, 4) is 5.88 Å². The predicted molar refractivity (Wildman–Crippen MR) is 108 cm³/mol. The Kier molecular flexibility index (Phi) is 4.70. The number of likely N-dealkylation sites (tertiary alicyclic amines) is 1. The minimum atomic E-state index is 0.0212. The Morgan fingerprint density at radius 1 is 1.33 bits per heavy atom. The molecule has 3 heterocycles. The van der Waals surface area contributed by atoms with Gasteiger partial charge in [-0.1, -0.05) is 30.4 Å². The Morgan fingerprint density at radius 3 is 2.93 bits per heavy atom. The highest BCUT2D eigenvalue weighted by Crippen LogP contribution is 2.32. The molecule has 1 atom stereocenters. The van der Waals surface area contributed by atoms with Gasteiger partial charge in [0.05, 0.1) is 22.9 Å². The lowest BCUT2D eigenvalue weighted by molar-refractivity contribution is 0.0777. The maximum atomic E-state index is 12.7. The summed E-state index contributed by atoms with van der Waals surface area (Å²) in [5.74, 6) is 0.534. The van der Waals surface area contributed by atoms with E-state index in [1.54, 1.807) is 36.8 Å². The van der Waals surface area contributed by atoms with Crippen LogP contribution in [-0.4, -0.2) is 47.5 Å². The summed E-state index contributed by atoms with van der Waals surface area (Å²) in [5.41, 5.74) is 1.64. The van der Waals surface area contributed by atoms with E-state index in [2.05, 4.69) is 28.3 Å². The normalized spacial score (nSPS) is 19.4. The molecule has 4 rings (SSSR count). The van der Waals surface area contributed by atoms with Gasteiger partial charge in [0.15, 0.2) is 5.13 Å². The smallest absolute Gasteiger partial charge is 0.255 e. The number of nitrogens with zero attached hydrogens (tertiary/aromatic N) is 3. The molecule has 0 spiro atoms. The van der Waals surface area contributed by atoms with Crippen molar-refractivity contribution in [1.29, 1.82) is 0 Å². The van der Waals surface area contributed by atoms with Crippen LogP contribution in [-0.2, 0) is 0 Å². The van der Waals surface area contributed by atoms with Crippen LogP contribution in [0.2, 0.25) is 0 Å². The molecule has 1 fully saturated rings. The number of amides is 1. The highest BCUT2D eigenvalue weighted by Gasteiger charge is 2.36. The number of aromatic nitrogens is 2. The van der Waals surface area contributed by atoms with Crippen LogP contribution < -0.4 is 10.1 Å². The molecule has 0 aliphatic carbocycles. The highest BCUT2D eigenvalue weighted by atomic mass is 32.1. The quantitative estimate of drug-likeness (QED) is 0.729. The summed E-state index contributed by atoms with van der Waals surface area (Å²) >= 11 is 1.66. The zero-order valence-corrected chi connectivity index (χ0v) is 16.3. The van der Waals surface area contributed by atoms with Gasteiger partial charge in [0.2, 0.25) is 5.88 Å². The number of anilines is 1. The standard InChI is InChI=1S/C20H22N4O2S/c1-20(12-22-19-23-15-5-3-4-6-16(15)27-19)9-10-24(13-20)18(25)14-7-8-17(26-2)21-11-14/h3-8,11H,9-10,12-13H2,1-2H3,(H,22,23). The largest absolute Gasteiger partial charge is 0.481 e. The number of thiazole rings is 1. The Hall–Kier alpha value is -2.67. The van der Waals surface area contributed by atoms with Crippen molar-refractivity contribution in [1.82, 2.24) is 14.9 Å². The monoisotopic (exact) mass is 382 g/mol. The Bertz CT molecular complexity index is 923. The fourth-order valence-corrected chi connectivity index (χ4v) is 4.25. The van der Waals surface area contributed by atoms with E-state index in [4.69, 9.17) is 4.74 Å². The van der Waals surface area contributed by atoms with Crippen molar-refractivity contribution < 1.29 is 9.53 Å². The van der Waals surface area contributed by atoms with E-state index < -0.39 is 0 Å². The number of rotatable bonds is 5. The van der Waals surface area contributed by atoms with Crippen LogP contribution in [0, 0.1) is 5.41 Å². The zero-order valence-electron chi connectivity index (χ0n) is 15.4. The summed E-state index contributed by atoms with van der Waals surface area (Å²) < 4.78 is 6.23. The van der Waals surface area contributed by atoms with Crippen LogP contribution in [0.3, 0.4) is 0 Å². The number of ether oxygens (including phenoxy) is 1. The highest BCUT2D eigenvalue weighted by molar-refractivity contribution is 7.22. The van der Waals surface area contributed by atoms with E-state index in [9.17, 15) is 4.79 Å². The lowest BCUT2D eigenvalue weighted by atomic mass is 9.90. The molecular weight excluding hydrogens is 360 g/mol. The average molecular weight is 382 g/mol. The molecule has 1 amide bonds. The third-order valence-electron chi connectivity index (χ3n) is 5.00. The molecular formula is C20H22N4O2S. The topological polar surface area (TPSA) is 67.3 Å². The van der Waals surface area contributed by atoms with Crippen LogP contribution in [0.1, 0.15) is 23.7 Å². The van der Waals surface area contributed by atoms with Gasteiger partial charge in [-0.3, -0.25) is 4.79 Å². The number of nitrogens with one attached hydrogen (secondary N) is 1. The number of carbonyl (C=O) groups is 1. The first kappa shape index (κ1) is 17.7.